The molecule has 1 atom stereocenters. The van der Waals surface area contributed by atoms with Gasteiger partial charge in [0.15, 0.2) is 0 Å². The minimum absolute atomic E-state index is 0.0422. The number of carboxylic acid groups (broad SMARTS) is 1. The van der Waals surface area contributed by atoms with Crippen molar-refractivity contribution in [2.24, 2.45) is 11.1 Å². The number of hydrogen-bond acceptors (Lipinski definition) is 3. The summed E-state index contributed by atoms with van der Waals surface area (Å²) in [7, 11) is 0. The Morgan fingerprint density at radius 2 is 2.00 bits per heavy atom. The van der Waals surface area contributed by atoms with Gasteiger partial charge in [0, 0.05) is 6.04 Å². The molecule has 0 aliphatic carbocycles. The normalized spacial score (nSPS) is 14.8. The summed E-state index contributed by atoms with van der Waals surface area (Å²) < 4.78 is 0. The Bertz CT molecular complexity index is 126. The third-order valence-electron chi connectivity index (χ3n) is 1.14. The Balaban J connectivity index is 3.80. The highest BCUT2D eigenvalue weighted by atomic mass is 16.4. The molecule has 2 N–H and O–H groups in total. The molecule has 0 rings (SSSR count). The van der Waals surface area contributed by atoms with Crippen molar-refractivity contribution in [2.45, 2.75) is 33.2 Å². The van der Waals surface area contributed by atoms with E-state index < -0.39 is 12.0 Å². The second-order valence-corrected chi connectivity index (χ2v) is 3.69. The Morgan fingerprint density at radius 1 is 1.60 bits per heavy atom. The predicted octanol–water partition coefficient (Wildman–Crippen LogP) is -0.500. The van der Waals surface area contributed by atoms with Gasteiger partial charge < -0.3 is 15.6 Å². The first-order chi connectivity index (χ1) is 4.33. The highest BCUT2D eigenvalue weighted by Crippen LogP contribution is 2.19. The largest absolute Gasteiger partial charge is 0.548 e. The molecule has 0 fully saturated rings. The SMILES string of the molecule is CC(C)(C)CC(N)C(=O)[O-]. The molecule has 1 unspecified atom stereocenters. The molecule has 0 aromatic heterocycles. The van der Waals surface area contributed by atoms with Crippen molar-refractivity contribution >= 4 is 5.97 Å². The lowest BCUT2D eigenvalue weighted by atomic mass is 9.88. The molecule has 0 aromatic carbocycles. The number of nitrogens with two attached hydrogens (primary N) is 1. The lowest BCUT2D eigenvalue weighted by Gasteiger charge is -2.23. The lowest BCUT2D eigenvalue weighted by Crippen LogP contribution is -2.43. The zero-order valence-electron chi connectivity index (χ0n) is 6.68. The topological polar surface area (TPSA) is 66.2 Å². The Labute approximate surface area is 61.2 Å². The summed E-state index contributed by atoms with van der Waals surface area (Å²) in [5.41, 5.74) is 5.20. The smallest absolute Gasteiger partial charge is 0.0582 e. The molecule has 0 spiro atoms. The molecular weight excluding hydrogens is 130 g/mol. The molecule has 0 radical (unpaired) electrons. The number of carboxylic acids is 1. The van der Waals surface area contributed by atoms with Crippen molar-refractivity contribution in [1.29, 1.82) is 0 Å². The van der Waals surface area contributed by atoms with E-state index in [1.165, 1.54) is 0 Å². The first-order valence-corrected chi connectivity index (χ1v) is 3.29. The van der Waals surface area contributed by atoms with Gasteiger partial charge in [-0.3, -0.25) is 0 Å². The van der Waals surface area contributed by atoms with E-state index in [4.69, 9.17) is 5.73 Å². The van der Waals surface area contributed by atoms with Gasteiger partial charge in [-0.25, -0.2) is 0 Å². The average molecular weight is 144 g/mol. The molecule has 60 valence electrons. The van der Waals surface area contributed by atoms with Crippen LogP contribution in [0.4, 0.5) is 0 Å². The molecule has 0 amide bonds. The zero-order chi connectivity index (χ0) is 8.36. The van der Waals surface area contributed by atoms with Crippen LogP contribution >= 0.6 is 0 Å². The van der Waals surface area contributed by atoms with Crippen molar-refractivity contribution < 1.29 is 9.90 Å². The molecule has 0 heterocycles. The van der Waals surface area contributed by atoms with E-state index >= 15 is 0 Å². The number of aliphatic carboxylic acids is 1. The van der Waals surface area contributed by atoms with Crippen LogP contribution in [0.1, 0.15) is 27.2 Å². The van der Waals surface area contributed by atoms with Crippen LogP contribution in [0.5, 0.6) is 0 Å². The maximum atomic E-state index is 10.1. The molecule has 0 bridgehead atoms. The van der Waals surface area contributed by atoms with Gasteiger partial charge in [0.1, 0.15) is 0 Å². The molecule has 3 nitrogen and oxygen atoms in total. The second kappa shape index (κ2) is 3.01. The van der Waals surface area contributed by atoms with E-state index in [1.807, 2.05) is 20.8 Å². The van der Waals surface area contributed by atoms with Gasteiger partial charge >= 0.3 is 0 Å². The number of hydrogen-bond donors (Lipinski definition) is 1. The molecule has 0 saturated heterocycles. The van der Waals surface area contributed by atoms with Gasteiger partial charge in [0.05, 0.1) is 5.97 Å². The highest BCUT2D eigenvalue weighted by Gasteiger charge is 2.15. The summed E-state index contributed by atoms with van der Waals surface area (Å²) in [5.74, 6) is -1.17. The number of rotatable bonds is 2. The Kier molecular flexibility index (Phi) is 2.84. The molecule has 0 aliphatic rings. The van der Waals surface area contributed by atoms with E-state index in [-0.39, 0.29) is 5.41 Å². The molecular formula is C7H14NO2-. The van der Waals surface area contributed by atoms with Crippen LogP contribution in [-0.4, -0.2) is 12.0 Å². The standard InChI is InChI=1S/C7H15NO2/c1-7(2,3)4-5(8)6(9)10/h5H,4,8H2,1-3H3,(H,9,10)/p-1. The Morgan fingerprint density at radius 3 is 2.10 bits per heavy atom. The van der Waals surface area contributed by atoms with Crippen molar-refractivity contribution in [1.82, 2.24) is 0 Å². The van der Waals surface area contributed by atoms with Crippen LogP contribution in [-0.2, 0) is 4.79 Å². The fourth-order valence-corrected chi connectivity index (χ4v) is 0.743. The van der Waals surface area contributed by atoms with Crippen molar-refractivity contribution in [3.8, 4) is 0 Å². The van der Waals surface area contributed by atoms with E-state index in [0.717, 1.165) is 0 Å². The maximum Gasteiger partial charge on any atom is 0.0582 e. The van der Waals surface area contributed by atoms with Crippen LogP contribution in [0, 0.1) is 5.41 Å². The van der Waals surface area contributed by atoms with Crippen LogP contribution in [0.2, 0.25) is 0 Å². The fraction of sp³-hybridized carbons (Fsp3) is 0.857. The van der Waals surface area contributed by atoms with Gasteiger partial charge in [-0.2, -0.15) is 0 Å². The van der Waals surface area contributed by atoms with Gasteiger partial charge in [-0.05, 0) is 11.8 Å². The summed E-state index contributed by atoms with van der Waals surface area (Å²) in [6.45, 7) is 5.82. The van der Waals surface area contributed by atoms with Crippen LogP contribution in [0.15, 0.2) is 0 Å². The summed E-state index contributed by atoms with van der Waals surface area (Å²) in [4.78, 5) is 10.1. The quantitative estimate of drug-likeness (QED) is 0.568. The summed E-state index contributed by atoms with van der Waals surface area (Å²) in [6.07, 6.45) is 0.454. The molecule has 0 aliphatic heterocycles. The highest BCUT2D eigenvalue weighted by molar-refractivity contribution is 5.70. The molecule has 10 heavy (non-hydrogen) atoms. The van der Waals surface area contributed by atoms with Gasteiger partial charge in [0.25, 0.3) is 0 Å². The van der Waals surface area contributed by atoms with E-state index in [2.05, 4.69) is 0 Å². The van der Waals surface area contributed by atoms with E-state index in [1.54, 1.807) is 0 Å². The molecule has 0 saturated carbocycles. The Hall–Kier alpha value is -0.570. The second-order valence-electron chi connectivity index (χ2n) is 3.69. The lowest BCUT2D eigenvalue weighted by molar-refractivity contribution is -0.308. The predicted molar refractivity (Wildman–Crippen MR) is 37.1 cm³/mol. The van der Waals surface area contributed by atoms with Gasteiger partial charge in [-0.15, -0.1) is 0 Å². The maximum absolute atomic E-state index is 10.1. The number of carbonyl (C=O) groups is 1. The minimum atomic E-state index is -1.17. The summed E-state index contributed by atoms with van der Waals surface area (Å²) in [5, 5.41) is 10.1. The molecule has 0 aromatic rings. The van der Waals surface area contributed by atoms with Crippen molar-refractivity contribution in [2.75, 3.05) is 0 Å². The van der Waals surface area contributed by atoms with Crippen molar-refractivity contribution in [3.05, 3.63) is 0 Å². The average Bonchev–Trinajstić information content (AvgIpc) is 1.60. The zero-order valence-corrected chi connectivity index (χ0v) is 6.68. The first kappa shape index (κ1) is 9.43. The third-order valence-corrected chi connectivity index (χ3v) is 1.14. The van der Waals surface area contributed by atoms with Gasteiger partial charge in [0.2, 0.25) is 0 Å². The molecule has 3 heteroatoms. The van der Waals surface area contributed by atoms with Crippen LogP contribution in [0.3, 0.4) is 0 Å². The third kappa shape index (κ3) is 4.32. The van der Waals surface area contributed by atoms with Crippen molar-refractivity contribution in [3.63, 3.8) is 0 Å². The van der Waals surface area contributed by atoms with Crippen LogP contribution in [0.25, 0.3) is 0 Å². The fourth-order valence-electron chi connectivity index (χ4n) is 0.743. The van der Waals surface area contributed by atoms with Gasteiger partial charge in [-0.1, -0.05) is 20.8 Å². The number of carbonyl (C=O) groups excluding carboxylic acids is 1. The first-order valence-electron chi connectivity index (χ1n) is 3.29. The summed E-state index contributed by atoms with van der Waals surface area (Å²) in [6, 6.07) is -0.833. The summed E-state index contributed by atoms with van der Waals surface area (Å²) >= 11 is 0. The van der Waals surface area contributed by atoms with E-state index in [9.17, 15) is 9.90 Å². The minimum Gasteiger partial charge on any atom is -0.548 e. The monoisotopic (exact) mass is 144 g/mol. The van der Waals surface area contributed by atoms with E-state index in [0.29, 0.717) is 6.42 Å². The van der Waals surface area contributed by atoms with Crippen LogP contribution < -0.4 is 10.8 Å².